The van der Waals surface area contributed by atoms with Gasteiger partial charge in [0.15, 0.2) is 0 Å². The summed E-state index contributed by atoms with van der Waals surface area (Å²) in [7, 11) is 0. The van der Waals surface area contributed by atoms with Crippen molar-refractivity contribution < 1.29 is 0 Å². The van der Waals surface area contributed by atoms with Crippen LogP contribution in [-0.4, -0.2) is 11.0 Å². The Labute approximate surface area is 86.9 Å². The molecule has 2 atom stereocenters. The summed E-state index contributed by atoms with van der Waals surface area (Å²) < 4.78 is 1.04. The number of rotatable bonds is 2. The van der Waals surface area contributed by atoms with Gasteiger partial charge in [0.2, 0.25) is 0 Å². The van der Waals surface area contributed by atoms with Crippen LogP contribution >= 0.6 is 15.9 Å². The van der Waals surface area contributed by atoms with E-state index in [2.05, 4.69) is 46.1 Å². The average Bonchev–Trinajstić information content (AvgIpc) is 2.73. The van der Waals surface area contributed by atoms with Gasteiger partial charge in [-0.2, -0.15) is 0 Å². The van der Waals surface area contributed by atoms with E-state index in [0.717, 1.165) is 16.2 Å². The van der Waals surface area contributed by atoms with Gasteiger partial charge in [-0.15, -0.1) is 0 Å². The quantitative estimate of drug-likeness (QED) is 0.860. The van der Waals surface area contributed by atoms with Crippen molar-refractivity contribution in [2.75, 3.05) is 5.32 Å². The standard InChI is InChI=1S/C10H13BrN2/c1-6-4-9(6)13-10-7(2)3-8(11)5-12-10/h3,5-6,9H,4H2,1-2H3,(H,12,13)/t6-,9-/m1/s1. The number of nitrogens with one attached hydrogen (secondary N) is 1. The van der Waals surface area contributed by atoms with Gasteiger partial charge in [0.05, 0.1) is 0 Å². The lowest BCUT2D eigenvalue weighted by Gasteiger charge is -2.07. The molecule has 70 valence electrons. The van der Waals surface area contributed by atoms with Crippen LogP contribution in [0.15, 0.2) is 16.7 Å². The second-order valence-corrected chi connectivity index (χ2v) is 4.70. The SMILES string of the molecule is Cc1cc(Br)cnc1N[C@@H]1C[C@H]1C. The predicted octanol–water partition coefficient (Wildman–Crippen LogP) is 2.97. The largest absolute Gasteiger partial charge is 0.367 e. The molecule has 0 saturated heterocycles. The van der Waals surface area contributed by atoms with Gasteiger partial charge in [0.1, 0.15) is 5.82 Å². The van der Waals surface area contributed by atoms with Crippen molar-refractivity contribution in [1.29, 1.82) is 0 Å². The topological polar surface area (TPSA) is 24.9 Å². The molecule has 1 fully saturated rings. The van der Waals surface area contributed by atoms with Gasteiger partial charge in [0, 0.05) is 16.7 Å². The van der Waals surface area contributed by atoms with Crippen molar-refractivity contribution in [3.8, 4) is 0 Å². The maximum absolute atomic E-state index is 4.33. The van der Waals surface area contributed by atoms with Crippen LogP contribution in [0, 0.1) is 12.8 Å². The Kier molecular flexibility index (Phi) is 2.28. The lowest BCUT2D eigenvalue weighted by Crippen LogP contribution is -2.06. The third-order valence-electron chi connectivity index (χ3n) is 2.48. The summed E-state index contributed by atoms with van der Waals surface area (Å²) in [5.41, 5.74) is 1.20. The third-order valence-corrected chi connectivity index (χ3v) is 2.91. The summed E-state index contributed by atoms with van der Waals surface area (Å²) >= 11 is 3.40. The van der Waals surface area contributed by atoms with Crippen molar-refractivity contribution in [1.82, 2.24) is 4.98 Å². The molecule has 1 N–H and O–H groups in total. The van der Waals surface area contributed by atoms with Crippen LogP contribution in [0.25, 0.3) is 0 Å². The molecule has 0 amide bonds. The van der Waals surface area contributed by atoms with E-state index in [1.165, 1.54) is 12.0 Å². The lowest BCUT2D eigenvalue weighted by atomic mass is 10.3. The van der Waals surface area contributed by atoms with E-state index in [4.69, 9.17) is 0 Å². The van der Waals surface area contributed by atoms with Crippen LogP contribution in [0.5, 0.6) is 0 Å². The Morgan fingerprint density at radius 3 is 2.85 bits per heavy atom. The van der Waals surface area contributed by atoms with E-state index in [0.29, 0.717) is 6.04 Å². The van der Waals surface area contributed by atoms with E-state index in [1.807, 2.05) is 6.20 Å². The van der Waals surface area contributed by atoms with E-state index >= 15 is 0 Å². The summed E-state index contributed by atoms with van der Waals surface area (Å²) in [6, 6.07) is 2.73. The zero-order valence-electron chi connectivity index (χ0n) is 7.84. The van der Waals surface area contributed by atoms with Crippen molar-refractivity contribution in [2.24, 2.45) is 5.92 Å². The monoisotopic (exact) mass is 240 g/mol. The molecular formula is C10H13BrN2. The molecule has 0 bridgehead atoms. The highest BCUT2D eigenvalue weighted by molar-refractivity contribution is 9.10. The summed E-state index contributed by atoms with van der Waals surface area (Å²) in [5, 5.41) is 3.43. The Bertz CT molecular complexity index is 325. The van der Waals surface area contributed by atoms with Crippen LogP contribution in [0.3, 0.4) is 0 Å². The minimum absolute atomic E-state index is 0.646. The van der Waals surface area contributed by atoms with Crippen LogP contribution < -0.4 is 5.32 Å². The Balaban J connectivity index is 2.11. The third kappa shape index (κ3) is 2.02. The van der Waals surface area contributed by atoms with Gasteiger partial charge in [-0.1, -0.05) is 6.92 Å². The van der Waals surface area contributed by atoms with Crippen molar-refractivity contribution in [3.63, 3.8) is 0 Å². The van der Waals surface area contributed by atoms with Gasteiger partial charge in [-0.3, -0.25) is 0 Å². The first-order valence-electron chi connectivity index (χ1n) is 4.55. The average molecular weight is 241 g/mol. The van der Waals surface area contributed by atoms with Crippen molar-refractivity contribution in [3.05, 3.63) is 22.3 Å². The number of hydrogen-bond donors (Lipinski definition) is 1. The molecule has 0 unspecified atom stereocenters. The van der Waals surface area contributed by atoms with Crippen LogP contribution in [0.1, 0.15) is 18.9 Å². The number of nitrogens with zero attached hydrogens (tertiary/aromatic N) is 1. The summed E-state index contributed by atoms with van der Waals surface area (Å²) in [4.78, 5) is 4.33. The Morgan fingerprint density at radius 1 is 1.62 bits per heavy atom. The van der Waals surface area contributed by atoms with Crippen molar-refractivity contribution in [2.45, 2.75) is 26.3 Å². The lowest BCUT2D eigenvalue weighted by molar-refractivity contribution is 0.921. The highest BCUT2D eigenvalue weighted by Crippen LogP contribution is 2.33. The zero-order chi connectivity index (χ0) is 9.42. The fourth-order valence-electron chi connectivity index (χ4n) is 1.39. The summed E-state index contributed by atoms with van der Waals surface area (Å²) in [6.45, 7) is 4.33. The zero-order valence-corrected chi connectivity index (χ0v) is 9.43. The first kappa shape index (κ1) is 9.00. The molecule has 1 aliphatic rings. The minimum Gasteiger partial charge on any atom is -0.367 e. The molecule has 2 nitrogen and oxygen atoms in total. The first-order chi connectivity index (χ1) is 6.16. The predicted molar refractivity (Wildman–Crippen MR) is 57.9 cm³/mol. The van der Waals surface area contributed by atoms with Gasteiger partial charge in [0.25, 0.3) is 0 Å². The maximum atomic E-state index is 4.33. The maximum Gasteiger partial charge on any atom is 0.129 e. The number of anilines is 1. The van der Waals surface area contributed by atoms with Crippen LogP contribution in [0.4, 0.5) is 5.82 Å². The number of aromatic nitrogens is 1. The highest BCUT2D eigenvalue weighted by atomic mass is 79.9. The second kappa shape index (κ2) is 3.29. The number of halogens is 1. The molecule has 3 heteroatoms. The molecule has 13 heavy (non-hydrogen) atoms. The van der Waals surface area contributed by atoms with Crippen LogP contribution in [-0.2, 0) is 0 Å². The number of aryl methyl sites for hydroxylation is 1. The minimum atomic E-state index is 0.646. The van der Waals surface area contributed by atoms with E-state index < -0.39 is 0 Å². The molecule has 1 aromatic heterocycles. The molecule has 0 aliphatic heterocycles. The molecule has 1 heterocycles. The van der Waals surface area contributed by atoms with Gasteiger partial charge in [-0.05, 0) is 46.8 Å². The fourth-order valence-corrected chi connectivity index (χ4v) is 1.84. The van der Waals surface area contributed by atoms with Gasteiger partial charge in [-0.25, -0.2) is 4.98 Å². The molecule has 1 saturated carbocycles. The van der Waals surface area contributed by atoms with Gasteiger partial charge < -0.3 is 5.32 Å². The molecule has 0 radical (unpaired) electrons. The summed E-state index contributed by atoms with van der Waals surface area (Å²) in [6.07, 6.45) is 3.11. The molecular weight excluding hydrogens is 228 g/mol. The second-order valence-electron chi connectivity index (χ2n) is 3.78. The molecule has 0 aromatic carbocycles. The Morgan fingerprint density at radius 2 is 2.31 bits per heavy atom. The van der Waals surface area contributed by atoms with Crippen molar-refractivity contribution >= 4 is 21.7 Å². The smallest absolute Gasteiger partial charge is 0.129 e. The molecule has 1 aromatic rings. The number of hydrogen-bond acceptors (Lipinski definition) is 2. The Hall–Kier alpha value is -0.570. The van der Waals surface area contributed by atoms with E-state index in [9.17, 15) is 0 Å². The molecule has 0 spiro atoms. The fraction of sp³-hybridized carbons (Fsp3) is 0.500. The molecule has 2 rings (SSSR count). The van der Waals surface area contributed by atoms with E-state index in [-0.39, 0.29) is 0 Å². The molecule has 1 aliphatic carbocycles. The van der Waals surface area contributed by atoms with Crippen LogP contribution in [0.2, 0.25) is 0 Å². The summed E-state index contributed by atoms with van der Waals surface area (Å²) in [5.74, 6) is 1.84. The normalized spacial score (nSPS) is 25.8. The van der Waals surface area contributed by atoms with E-state index in [1.54, 1.807) is 0 Å². The first-order valence-corrected chi connectivity index (χ1v) is 5.35. The van der Waals surface area contributed by atoms with Gasteiger partial charge >= 0.3 is 0 Å². The highest BCUT2D eigenvalue weighted by Gasteiger charge is 2.32. The number of pyridine rings is 1.